The maximum Gasteiger partial charge on any atom is 0.198 e. The smallest absolute Gasteiger partial charge is 0.198 e. The van der Waals surface area contributed by atoms with E-state index in [4.69, 9.17) is 28.4 Å². The van der Waals surface area contributed by atoms with Crippen LogP contribution in [0.4, 0.5) is 0 Å². The molecule has 51 heavy (non-hydrogen) atoms. The van der Waals surface area contributed by atoms with Crippen molar-refractivity contribution in [3.8, 4) is 5.75 Å². The number of aromatic hydroxyl groups is 1. The van der Waals surface area contributed by atoms with Gasteiger partial charge >= 0.3 is 0 Å². The van der Waals surface area contributed by atoms with E-state index in [2.05, 4.69) is 0 Å². The molecule has 5 fully saturated rings. The molecule has 8 rings (SSSR count). The minimum absolute atomic E-state index is 0.0787. The zero-order chi connectivity index (χ0) is 36.4. The molecular weight excluding hydrogens is 668 g/mol. The molecule has 1 saturated carbocycles. The van der Waals surface area contributed by atoms with E-state index in [0.29, 0.717) is 0 Å². The zero-order valence-corrected chi connectivity index (χ0v) is 28.6. The number of hydrogen-bond acceptors (Lipinski definition) is 14. The Kier molecular flexibility index (Phi) is 7.99. The SMILES string of the molecule is CC1OC(O[C@@]2(C)CC(=O)[C@@]3(O)C4=C(C=C[C@]3(O)C2)C(=O)c2c(ccc([C@@H]3C[C@H]5OC6CC(=O)C(C)OC6O[C@H]5[C@H](C)O3)c2O)C4=O)CCC1=O. The number of benzene rings is 1. The molecule has 4 saturated heterocycles. The van der Waals surface area contributed by atoms with Crippen LogP contribution in [0.2, 0.25) is 0 Å². The Morgan fingerprint density at radius 3 is 2.37 bits per heavy atom. The van der Waals surface area contributed by atoms with E-state index < -0.39 is 107 Å². The zero-order valence-electron chi connectivity index (χ0n) is 28.6. The van der Waals surface area contributed by atoms with Crippen LogP contribution in [0, 0.1) is 0 Å². The van der Waals surface area contributed by atoms with Crippen LogP contribution in [0.15, 0.2) is 35.4 Å². The van der Waals surface area contributed by atoms with Crippen LogP contribution < -0.4 is 0 Å². The number of phenols is 1. The minimum Gasteiger partial charge on any atom is -0.507 e. The Morgan fingerprint density at radius 2 is 1.63 bits per heavy atom. The molecule has 3 N–H and O–H groups in total. The van der Waals surface area contributed by atoms with Crippen molar-refractivity contribution in [1.29, 1.82) is 0 Å². The monoisotopic (exact) mass is 708 g/mol. The van der Waals surface area contributed by atoms with E-state index in [0.717, 1.165) is 6.08 Å². The van der Waals surface area contributed by atoms with E-state index in [1.807, 2.05) is 0 Å². The third-order valence-electron chi connectivity index (χ3n) is 11.5. The maximum atomic E-state index is 14.2. The number of ether oxygens (including phenoxy) is 6. The summed E-state index contributed by atoms with van der Waals surface area (Å²) >= 11 is 0. The third kappa shape index (κ3) is 5.17. The first-order chi connectivity index (χ1) is 24.0. The van der Waals surface area contributed by atoms with E-state index in [-0.39, 0.29) is 65.9 Å². The molecule has 1 aromatic carbocycles. The number of carbonyl (C=O) groups excluding carboxylic acids is 5. The fourth-order valence-electron chi connectivity index (χ4n) is 8.87. The summed E-state index contributed by atoms with van der Waals surface area (Å²) < 4.78 is 36.1. The molecule has 0 bridgehead atoms. The van der Waals surface area contributed by atoms with Gasteiger partial charge in [-0.25, -0.2) is 0 Å². The molecule has 14 heteroatoms. The number of rotatable bonds is 3. The number of ketones is 5. The van der Waals surface area contributed by atoms with Crippen molar-refractivity contribution in [2.75, 3.05) is 0 Å². The van der Waals surface area contributed by atoms with Crippen molar-refractivity contribution in [3.05, 3.63) is 52.1 Å². The summed E-state index contributed by atoms with van der Waals surface area (Å²) in [5.41, 5.74) is -7.70. The van der Waals surface area contributed by atoms with Crippen LogP contribution >= 0.6 is 0 Å². The van der Waals surface area contributed by atoms with Crippen LogP contribution in [0.3, 0.4) is 0 Å². The molecule has 3 aliphatic carbocycles. The predicted octanol–water partition coefficient (Wildman–Crippen LogP) is 2.04. The second kappa shape index (κ2) is 11.8. The Hall–Kier alpha value is -3.47. The van der Waals surface area contributed by atoms with Crippen molar-refractivity contribution in [2.24, 2.45) is 0 Å². The van der Waals surface area contributed by atoms with Crippen molar-refractivity contribution in [1.82, 2.24) is 0 Å². The molecule has 7 aliphatic rings. The summed E-state index contributed by atoms with van der Waals surface area (Å²) in [6.45, 7) is 6.62. The highest BCUT2D eigenvalue weighted by atomic mass is 16.7. The van der Waals surface area contributed by atoms with Gasteiger partial charge in [0.1, 0.15) is 35.8 Å². The average molecular weight is 709 g/mol. The second-order valence-corrected chi connectivity index (χ2v) is 15.1. The largest absolute Gasteiger partial charge is 0.507 e. The fourth-order valence-corrected chi connectivity index (χ4v) is 8.87. The van der Waals surface area contributed by atoms with Crippen molar-refractivity contribution in [2.45, 2.75) is 138 Å². The van der Waals surface area contributed by atoms with Gasteiger partial charge in [0, 0.05) is 55.2 Å². The van der Waals surface area contributed by atoms with Crippen molar-refractivity contribution < 1.29 is 67.7 Å². The molecule has 0 spiro atoms. The summed E-state index contributed by atoms with van der Waals surface area (Å²) in [6.07, 6.45) is -3.48. The fraction of sp³-hybridized carbons (Fsp3) is 0.595. The first-order valence-electron chi connectivity index (χ1n) is 17.4. The first-order valence-corrected chi connectivity index (χ1v) is 17.4. The van der Waals surface area contributed by atoms with Gasteiger partial charge < -0.3 is 43.7 Å². The summed E-state index contributed by atoms with van der Waals surface area (Å²) in [5, 5.41) is 35.6. The van der Waals surface area contributed by atoms with Crippen molar-refractivity contribution >= 4 is 28.9 Å². The Bertz CT molecular complexity index is 1830. The van der Waals surface area contributed by atoms with Crippen LogP contribution in [0.1, 0.15) is 98.6 Å². The van der Waals surface area contributed by atoms with Gasteiger partial charge in [-0.3, -0.25) is 24.0 Å². The number of carbonyl (C=O) groups is 5. The Labute approximate surface area is 292 Å². The minimum atomic E-state index is -2.79. The number of aliphatic hydroxyl groups is 2. The average Bonchev–Trinajstić information content (AvgIpc) is 3.05. The molecule has 4 aliphatic heterocycles. The lowest BCUT2D eigenvalue weighted by molar-refractivity contribution is -0.347. The highest BCUT2D eigenvalue weighted by Crippen LogP contribution is 2.53. The van der Waals surface area contributed by atoms with E-state index >= 15 is 0 Å². The molecule has 0 radical (unpaired) electrons. The molecule has 5 unspecified atom stereocenters. The number of phenolic OH excluding ortho intramolecular Hbond substituents is 1. The van der Waals surface area contributed by atoms with E-state index in [1.165, 1.54) is 18.2 Å². The summed E-state index contributed by atoms with van der Waals surface area (Å²) in [7, 11) is 0. The lowest BCUT2D eigenvalue weighted by atomic mass is 9.57. The highest BCUT2D eigenvalue weighted by Gasteiger charge is 2.67. The molecule has 1 aromatic rings. The lowest BCUT2D eigenvalue weighted by Crippen LogP contribution is -2.69. The van der Waals surface area contributed by atoms with E-state index in [9.17, 15) is 39.3 Å². The van der Waals surface area contributed by atoms with E-state index in [1.54, 1.807) is 27.7 Å². The van der Waals surface area contributed by atoms with Crippen molar-refractivity contribution in [3.63, 3.8) is 0 Å². The maximum absolute atomic E-state index is 14.2. The molecule has 12 atom stereocenters. The number of Topliss-reactive ketones (excluding diaryl/α,β-unsaturated/α-hetero) is 5. The molecule has 0 amide bonds. The quantitative estimate of drug-likeness (QED) is 0.412. The molecular formula is C37H40O14. The second-order valence-electron chi connectivity index (χ2n) is 15.1. The highest BCUT2D eigenvalue weighted by molar-refractivity contribution is 6.32. The summed E-state index contributed by atoms with van der Waals surface area (Å²) in [4.78, 5) is 66.4. The van der Waals surface area contributed by atoms with Gasteiger partial charge in [0.05, 0.1) is 35.0 Å². The Morgan fingerprint density at radius 1 is 0.882 bits per heavy atom. The van der Waals surface area contributed by atoms with Crippen LogP contribution in [0.5, 0.6) is 5.75 Å². The van der Waals surface area contributed by atoms with Crippen LogP contribution in [0.25, 0.3) is 0 Å². The van der Waals surface area contributed by atoms with Gasteiger partial charge in [0.15, 0.2) is 47.1 Å². The van der Waals surface area contributed by atoms with Gasteiger partial charge in [0.25, 0.3) is 0 Å². The van der Waals surface area contributed by atoms with Gasteiger partial charge in [0.2, 0.25) is 0 Å². The lowest BCUT2D eigenvalue weighted by Gasteiger charge is -2.53. The molecule has 4 heterocycles. The molecule has 0 aromatic heterocycles. The Balaban J connectivity index is 1.06. The van der Waals surface area contributed by atoms with Gasteiger partial charge in [-0.15, -0.1) is 0 Å². The van der Waals surface area contributed by atoms with Crippen LogP contribution in [-0.4, -0.2) is 110 Å². The first kappa shape index (κ1) is 34.6. The number of hydrogen-bond donors (Lipinski definition) is 3. The normalized spacial score (nSPS) is 43.6. The molecule has 14 nitrogen and oxygen atoms in total. The summed E-state index contributed by atoms with van der Waals surface area (Å²) in [5.74, 6) is -3.31. The number of allylic oxidation sites excluding steroid dienone is 2. The topological polar surface area (TPSA) is 201 Å². The predicted molar refractivity (Wildman–Crippen MR) is 171 cm³/mol. The third-order valence-corrected chi connectivity index (χ3v) is 11.5. The number of fused-ring (bicyclic) bond motifs is 5. The standard InChI is InChI=1S/C37H40O14/c1-15-21(38)7-8-27(47-15)51-35(4)13-26(40)37(45)29-20(9-10-36(37,44)14-35)31(42)28-19(32(29)43)6-5-18(30(28)41)23-12-24-33(17(3)46-23)50-34-25(49-24)11-22(39)16(2)48-34/h5-6,9-10,15-17,23-25,27,33-34,41,44-45H,7-8,11-14H2,1-4H3/t15?,16?,17-,23-,24+,25?,27?,33-,34?,35-,36-,37+/m0/s1. The van der Waals surface area contributed by atoms with Gasteiger partial charge in [-0.2, -0.15) is 0 Å². The van der Waals surface area contributed by atoms with Gasteiger partial charge in [-0.05, 0) is 39.8 Å². The summed E-state index contributed by atoms with van der Waals surface area (Å²) in [6, 6.07) is 2.78. The molecule has 272 valence electrons. The van der Waals surface area contributed by atoms with Crippen LogP contribution in [-0.2, 0) is 42.8 Å². The van der Waals surface area contributed by atoms with Gasteiger partial charge in [-0.1, -0.05) is 12.1 Å².